The average molecular weight is 519 g/mol. The van der Waals surface area contributed by atoms with E-state index in [0.717, 1.165) is 33.6 Å². The number of aryl methyl sites for hydroxylation is 3. The average Bonchev–Trinajstić information content (AvgIpc) is 3.20. The number of para-hydroxylation sites is 1. The van der Waals surface area contributed by atoms with Crippen molar-refractivity contribution >= 4 is 34.5 Å². The fourth-order valence-electron chi connectivity index (χ4n) is 5.06. The number of ketones is 1. The molecule has 4 aromatic carbocycles. The van der Waals surface area contributed by atoms with Crippen LogP contribution in [0.5, 0.6) is 5.75 Å². The van der Waals surface area contributed by atoms with Gasteiger partial charge in [0, 0.05) is 22.6 Å². The highest BCUT2D eigenvalue weighted by molar-refractivity contribution is 6.51. The largest absolute Gasteiger partial charge is 0.507 e. The first-order valence-corrected chi connectivity index (χ1v) is 12.7. The molecule has 0 spiro atoms. The van der Waals surface area contributed by atoms with E-state index >= 15 is 0 Å². The number of anilines is 3. The molecule has 6 nitrogen and oxygen atoms in total. The number of Topliss-reactive ketones (excluding diaryl/α,β-unsaturated/α-hetero) is 1. The lowest BCUT2D eigenvalue weighted by Gasteiger charge is -2.26. The maximum Gasteiger partial charge on any atom is 0.300 e. The Morgan fingerprint density at radius 2 is 1.51 bits per heavy atom. The Bertz CT molecular complexity index is 1590. The van der Waals surface area contributed by atoms with E-state index in [0.29, 0.717) is 17.0 Å². The van der Waals surface area contributed by atoms with Gasteiger partial charge in [-0.15, -0.1) is 0 Å². The summed E-state index contributed by atoms with van der Waals surface area (Å²) >= 11 is 0. The number of aliphatic hydroxyl groups excluding tert-OH is 1. The quantitative estimate of drug-likeness (QED) is 0.163. The third-order valence-electron chi connectivity index (χ3n) is 7.01. The molecule has 4 aromatic rings. The Morgan fingerprint density at radius 1 is 0.821 bits per heavy atom. The van der Waals surface area contributed by atoms with Crippen LogP contribution in [0.2, 0.25) is 0 Å². The number of nitrogens with zero attached hydrogens (tertiary/aromatic N) is 1. The molecule has 0 radical (unpaired) electrons. The van der Waals surface area contributed by atoms with Crippen LogP contribution in [0.4, 0.5) is 17.1 Å². The second-order valence-electron chi connectivity index (χ2n) is 9.76. The van der Waals surface area contributed by atoms with E-state index < -0.39 is 17.7 Å². The minimum Gasteiger partial charge on any atom is -0.507 e. The van der Waals surface area contributed by atoms with Crippen molar-refractivity contribution in [2.24, 2.45) is 0 Å². The molecule has 6 heteroatoms. The molecule has 39 heavy (non-hydrogen) atoms. The van der Waals surface area contributed by atoms with Crippen molar-refractivity contribution in [3.05, 3.63) is 124 Å². The van der Waals surface area contributed by atoms with Gasteiger partial charge in [0.15, 0.2) is 0 Å². The SMILES string of the molecule is COc1cc(C)c(/C(O)=C2\C(=O)C(=O)N(c3ccc(Nc4ccccc4)cc3)C2c2cccc(C)c2)cc1C. The lowest BCUT2D eigenvalue weighted by atomic mass is 9.92. The van der Waals surface area contributed by atoms with Gasteiger partial charge < -0.3 is 15.2 Å². The number of benzene rings is 4. The molecular formula is C33H30N2O4. The highest BCUT2D eigenvalue weighted by Gasteiger charge is 2.47. The molecule has 196 valence electrons. The van der Waals surface area contributed by atoms with Crippen molar-refractivity contribution in [1.82, 2.24) is 0 Å². The van der Waals surface area contributed by atoms with Gasteiger partial charge in [0.05, 0.1) is 18.7 Å². The summed E-state index contributed by atoms with van der Waals surface area (Å²) in [6.07, 6.45) is 0. The monoisotopic (exact) mass is 518 g/mol. The molecule has 1 fully saturated rings. The lowest BCUT2D eigenvalue weighted by Crippen LogP contribution is -2.29. The Morgan fingerprint density at radius 3 is 2.18 bits per heavy atom. The molecule has 1 heterocycles. The molecule has 2 N–H and O–H groups in total. The first-order valence-electron chi connectivity index (χ1n) is 12.7. The molecule has 5 rings (SSSR count). The summed E-state index contributed by atoms with van der Waals surface area (Å²) in [6.45, 7) is 5.67. The normalized spacial score (nSPS) is 16.4. The van der Waals surface area contributed by atoms with Gasteiger partial charge >= 0.3 is 0 Å². The van der Waals surface area contributed by atoms with Gasteiger partial charge in [-0.05, 0) is 86.0 Å². The van der Waals surface area contributed by atoms with Crippen LogP contribution in [0.25, 0.3) is 5.76 Å². The number of carbonyl (C=O) groups is 2. The smallest absolute Gasteiger partial charge is 0.300 e. The van der Waals surface area contributed by atoms with E-state index in [2.05, 4.69) is 5.32 Å². The molecular weight excluding hydrogens is 488 g/mol. The summed E-state index contributed by atoms with van der Waals surface area (Å²) in [7, 11) is 1.59. The van der Waals surface area contributed by atoms with E-state index in [1.165, 1.54) is 4.90 Å². The maximum absolute atomic E-state index is 13.6. The third kappa shape index (κ3) is 4.89. The summed E-state index contributed by atoms with van der Waals surface area (Å²) in [5, 5.41) is 14.9. The second-order valence-corrected chi connectivity index (χ2v) is 9.76. The highest BCUT2D eigenvalue weighted by atomic mass is 16.5. The molecule has 1 amide bonds. The molecule has 1 atom stereocenters. The number of nitrogens with one attached hydrogen (secondary N) is 1. The molecule has 0 saturated carbocycles. The van der Waals surface area contributed by atoms with Crippen LogP contribution in [0, 0.1) is 20.8 Å². The van der Waals surface area contributed by atoms with Crippen molar-refractivity contribution in [3.8, 4) is 5.75 Å². The summed E-state index contributed by atoms with van der Waals surface area (Å²) in [5.41, 5.74) is 6.17. The predicted octanol–water partition coefficient (Wildman–Crippen LogP) is 6.99. The van der Waals surface area contributed by atoms with Gasteiger partial charge in [0.2, 0.25) is 0 Å². The molecule has 1 aliphatic heterocycles. The van der Waals surface area contributed by atoms with Crippen molar-refractivity contribution in [2.45, 2.75) is 26.8 Å². The van der Waals surface area contributed by atoms with Crippen LogP contribution in [0.3, 0.4) is 0 Å². The number of aliphatic hydroxyl groups is 1. The van der Waals surface area contributed by atoms with Crippen LogP contribution in [-0.4, -0.2) is 23.9 Å². The zero-order valence-electron chi connectivity index (χ0n) is 22.4. The Labute approximate surface area is 228 Å². The lowest BCUT2D eigenvalue weighted by molar-refractivity contribution is -0.132. The number of rotatable bonds is 6. The summed E-state index contributed by atoms with van der Waals surface area (Å²) < 4.78 is 5.42. The van der Waals surface area contributed by atoms with Gasteiger partial charge in [-0.1, -0.05) is 48.0 Å². The zero-order chi connectivity index (χ0) is 27.7. The van der Waals surface area contributed by atoms with Crippen molar-refractivity contribution in [2.75, 3.05) is 17.3 Å². The molecule has 0 aliphatic carbocycles. The second kappa shape index (κ2) is 10.5. The number of amides is 1. The molecule has 1 unspecified atom stereocenters. The van der Waals surface area contributed by atoms with Crippen LogP contribution in [0.1, 0.15) is 33.9 Å². The maximum atomic E-state index is 13.6. The van der Waals surface area contributed by atoms with E-state index in [-0.39, 0.29) is 11.3 Å². The van der Waals surface area contributed by atoms with Crippen LogP contribution >= 0.6 is 0 Å². The standard InChI is InChI=1S/C33H30N2O4/c1-20-9-8-10-23(17-20)30-29(31(36)27-18-22(3)28(39-4)19-21(27)2)32(37)33(38)35(30)26-15-13-25(14-16-26)34-24-11-6-5-7-12-24/h5-19,30,34,36H,1-4H3/b31-29+. The van der Waals surface area contributed by atoms with E-state index in [1.54, 1.807) is 13.2 Å². The van der Waals surface area contributed by atoms with Crippen molar-refractivity contribution in [3.63, 3.8) is 0 Å². The number of methoxy groups -OCH3 is 1. The first-order chi connectivity index (χ1) is 18.8. The third-order valence-corrected chi connectivity index (χ3v) is 7.01. The van der Waals surface area contributed by atoms with Gasteiger partial charge in [0.1, 0.15) is 11.5 Å². The Kier molecular flexibility index (Phi) is 6.94. The fourth-order valence-corrected chi connectivity index (χ4v) is 5.06. The fraction of sp³-hybridized carbons (Fsp3) is 0.152. The van der Waals surface area contributed by atoms with E-state index in [1.807, 2.05) is 106 Å². The first kappa shape index (κ1) is 25.8. The van der Waals surface area contributed by atoms with Crippen LogP contribution < -0.4 is 15.0 Å². The van der Waals surface area contributed by atoms with E-state index in [9.17, 15) is 14.7 Å². The van der Waals surface area contributed by atoms with Crippen molar-refractivity contribution < 1.29 is 19.4 Å². The summed E-state index contributed by atoms with van der Waals surface area (Å²) in [4.78, 5) is 28.6. The van der Waals surface area contributed by atoms with Gasteiger partial charge in [-0.3, -0.25) is 14.5 Å². The van der Waals surface area contributed by atoms with Gasteiger partial charge in [0.25, 0.3) is 11.7 Å². The van der Waals surface area contributed by atoms with Crippen LogP contribution in [-0.2, 0) is 9.59 Å². The molecule has 1 aliphatic rings. The predicted molar refractivity (Wildman–Crippen MR) is 155 cm³/mol. The molecule has 0 aromatic heterocycles. The summed E-state index contributed by atoms with van der Waals surface area (Å²) in [5.74, 6) is -0.926. The molecule has 0 bridgehead atoms. The Hall–Kier alpha value is -4.84. The Balaban J connectivity index is 1.62. The van der Waals surface area contributed by atoms with Crippen LogP contribution in [0.15, 0.2) is 96.6 Å². The number of carbonyl (C=O) groups excluding carboxylic acids is 2. The van der Waals surface area contributed by atoms with Gasteiger partial charge in [-0.2, -0.15) is 0 Å². The topological polar surface area (TPSA) is 78.9 Å². The number of hydrogen-bond donors (Lipinski definition) is 2. The summed E-state index contributed by atoms with van der Waals surface area (Å²) in [6, 6.07) is 27.6. The highest BCUT2D eigenvalue weighted by Crippen LogP contribution is 2.43. The van der Waals surface area contributed by atoms with Crippen molar-refractivity contribution in [1.29, 1.82) is 0 Å². The van der Waals surface area contributed by atoms with Gasteiger partial charge in [-0.25, -0.2) is 0 Å². The minimum absolute atomic E-state index is 0.0600. The zero-order valence-corrected chi connectivity index (χ0v) is 22.4. The minimum atomic E-state index is -0.792. The molecule has 1 saturated heterocycles. The number of hydrogen-bond acceptors (Lipinski definition) is 5. The number of ether oxygens (including phenoxy) is 1. The van der Waals surface area contributed by atoms with E-state index in [4.69, 9.17) is 4.74 Å².